The molecule has 1 aliphatic carbocycles. The molecule has 7 heteroatoms. The van der Waals surface area contributed by atoms with Crippen LogP contribution in [0.1, 0.15) is 36.3 Å². The largest absolute Gasteiger partial charge is 0.507 e. The van der Waals surface area contributed by atoms with Crippen LogP contribution in [0.4, 0.5) is 5.69 Å². The van der Waals surface area contributed by atoms with E-state index >= 15 is 0 Å². The Balaban J connectivity index is 1.86. The topological polar surface area (TPSA) is 82.8 Å². The second kappa shape index (κ2) is 10.3. The molecule has 6 nitrogen and oxygen atoms in total. The molecule has 2 aliphatic rings. The van der Waals surface area contributed by atoms with Crippen LogP contribution in [0, 0.1) is 5.41 Å². The van der Waals surface area contributed by atoms with Gasteiger partial charge >= 0.3 is 0 Å². The van der Waals surface area contributed by atoms with Crippen LogP contribution in [0.15, 0.2) is 94.1 Å². The number of nitrogens with zero attached hydrogens (tertiary/aromatic N) is 1. The second-order valence-corrected chi connectivity index (χ2v) is 9.88. The number of ether oxygens (including phenoxy) is 2. The number of Topliss-reactive ketones (excluding diaryl/α,β-unsaturated/α-hetero) is 1. The summed E-state index contributed by atoms with van der Waals surface area (Å²) < 4.78 is 12.1. The first-order valence-corrected chi connectivity index (χ1v) is 12.8. The summed E-state index contributed by atoms with van der Waals surface area (Å²) in [7, 11) is 3.16. The lowest BCUT2D eigenvalue weighted by atomic mass is 9.73. The molecule has 1 atom stereocenters. The molecular weight excluding hydrogens is 532 g/mol. The lowest BCUT2D eigenvalue weighted by molar-refractivity contribution is -0.116. The number of aliphatic hydroxyl groups is 1. The SMILES string of the molecule is COc1ccc(OC)c(C2C(=C(O)c3ccccc3)C(=N)N(c3ccc(Br)cc3)C3=C2C(=O)CCC3)c1. The molecule has 3 aromatic rings. The molecule has 1 aliphatic heterocycles. The molecule has 0 aromatic heterocycles. The van der Waals surface area contributed by atoms with E-state index in [1.807, 2.05) is 48.5 Å². The Morgan fingerprint density at radius 3 is 2.41 bits per heavy atom. The molecule has 0 saturated heterocycles. The number of nitrogens with one attached hydrogen (secondary N) is 1. The Labute approximate surface area is 224 Å². The Morgan fingerprint density at radius 1 is 1.00 bits per heavy atom. The van der Waals surface area contributed by atoms with Crippen LogP contribution < -0.4 is 14.4 Å². The summed E-state index contributed by atoms with van der Waals surface area (Å²) in [6.45, 7) is 0. The lowest BCUT2D eigenvalue weighted by Crippen LogP contribution is -2.42. The molecular formula is C30H27BrN2O4. The van der Waals surface area contributed by atoms with Crippen molar-refractivity contribution in [2.24, 2.45) is 0 Å². The number of rotatable bonds is 5. The Morgan fingerprint density at radius 2 is 1.73 bits per heavy atom. The number of carbonyl (C=O) groups excluding carboxylic acids is 1. The lowest BCUT2D eigenvalue weighted by Gasteiger charge is -2.42. The van der Waals surface area contributed by atoms with Gasteiger partial charge in [-0.15, -0.1) is 0 Å². The smallest absolute Gasteiger partial charge is 0.161 e. The van der Waals surface area contributed by atoms with Crippen molar-refractivity contribution in [3.8, 4) is 11.5 Å². The molecule has 1 heterocycles. The van der Waals surface area contributed by atoms with Gasteiger partial charge in [-0.05, 0) is 55.3 Å². The number of allylic oxidation sites excluding steroid dienone is 2. The van der Waals surface area contributed by atoms with Gasteiger partial charge in [-0.1, -0.05) is 46.3 Å². The number of benzene rings is 3. The molecule has 3 aromatic carbocycles. The van der Waals surface area contributed by atoms with E-state index in [9.17, 15) is 15.3 Å². The number of aliphatic hydroxyl groups excluding tert-OH is 1. The maximum atomic E-state index is 13.7. The Kier molecular flexibility index (Phi) is 6.89. The van der Waals surface area contributed by atoms with Crippen LogP contribution in [0.3, 0.4) is 0 Å². The minimum Gasteiger partial charge on any atom is -0.507 e. The monoisotopic (exact) mass is 558 g/mol. The van der Waals surface area contributed by atoms with Gasteiger partial charge in [-0.3, -0.25) is 15.1 Å². The second-order valence-electron chi connectivity index (χ2n) is 8.97. The summed E-state index contributed by atoms with van der Waals surface area (Å²) in [6, 6.07) is 22.2. The number of carbonyl (C=O) groups is 1. The summed E-state index contributed by atoms with van der Waals surface area (Å²) in [5.74, 6) is 0.525. The van der Waals surface area contributed by atoms with Gasteiger partial charge < -0.3 is 14.6 Å². The molecule has 5 rings (SSSR count). The number of anilines is 1. The molecule has 0 fully saturated rings. The minimum atomic E-state index is -0.702. The van der Waals surface area contributed by atoms with E-state index in [1.165, 1.54) is 0 Å². The van der Waals surface area contributed by atoms with Crippen LogP contribution in [0.2, 0.25) is 0 Å². The van der Waals surface area contributed by atoms with Crippen molar-refractivity contribution < 1.29 is 19.4 Å². The quantitative estimate of drug-likeness (QED) is 0.328. The standard InChI is InChI=1S/C30H27BrN2O4/c1-36-21-15-16-25(37-2)22(17-21)26-27-23(9-6-10-24(27)34)33(20-13-11-19(31)12-14-20)30(32)28(26)29(35)18-7-4-3-5-8-18/h3-5,7-8,11-17,26,32,35H,6,9-10H2,1-2H3. The number of methoxy groups -OCH3 is 2. The maximum absolute atomic E-state index is 13.7. The number of ketones is 1. The van der Waals surface area contributed by atoms with Crippen molar-refractivity contribution >= 4 is 39.0 Å². The van der Waals surface area contributed by atoms with Crippen molar-refractivity contribution in [2.45, 2.75) is 25.2 Å². The van der Waals surface area contributed by atoms with Gasteiger partial charge in [0.05, 0.1) is 20.1 Å². The first-order chi connectivity index (χ1) is 17.9. The molecule has 0 saturated carbocycles. The number of halogens is 1. The van der Waals surface area contributed by atoms with Gasteiger partial charge in [0.15, 0.2) is 5.78 Å². The summed E-state index contributed by atoms with van der Waals surface area (Å²) in [5, 5.41) is 21.2. The minimum absolute atomic E-state index is 0.00379. The predicted molar refractivity (Wildman–Crippen MR) is 149 cm³/mol. The average molecular weight is 559 g/mol. The van der Waals surface area contributed by atoms with Gasteiger partial charge in [-0.25, -0.2) is 0 Å². The molecule has 0 spiro atoms. The fourth-order valence-electron chi connectivity index (χ4n) is 5.19. The fraction of sp³-hybridized carbons (Fsp3) is 0.200. The Bertz CT molecular complexity index is 1430. The van der Waals surface area contributed by atoms with Gasteiger partial charge in [0.25, 0.3) is 0 Å². The molecule has 0 amide bonds. The van der Waals surface area contributed by atoms with Crippen molar-refractivity contribution in [2.75, 3.05) is 19.1 Å². The average Bonchev–Trinajstić information content (AvgIpc) is 2.93. The molecule has 1 unspecified atom stereocenters. The predicted octanol–water partition coefficient (Wildman–Crippen LogP) is 7.02. The summed E-state index contributed by atoms with van der Waals surface area (Å²) in [6.07, 6.45) is 1.74. The molecule has 2 N–H and O–H groups in total. The first-order valence-electron chi connectivity index (χ1n) is 12.1. The van der Waals surface area contributed by atoms with E-state index in [0.29, 0.717) is 53.0 Å². The van der Waals surface area contributed by atoms with Crippen LogP contribution in [0.5, 0.6) is 11.5 Å². The zero-order chi connectivity index (χ0) is 26.1. The van der Waals surface area contributed by atoms with E-state index < -0.39 is 5.92 Å². The van der Waals surface area contributed by atoms with E-state index in [2.05, 4.69) is 15.9 Å². The maximum Gasteiger partial charge on any atom is 0.161 e. The van der Waals surface area contributed by atoms with Crippen LogP contribution >= 0.6 is 15.9 Å². The number of hydrogen-bond acceptors (Lipinski definition) is 5. The summed E-state index contributed by atoms with van der Waals surface area (Å²) in [4.78, 5) is 15.5. The van der Waals surface area contributed by atoms with Crippen LogP contribution in [0.25, 0.3) is 5.76 Å². The van der Waals surface area contributed by atoms with Gasteiger partial charge in [0.2, 0.25) is 0 Å². The van der Waals surface area contributed by atoms with Gasteiger partial charge in [-0.2, -0.15) is 0 Å². The highest BCUT2D eigenvalue weighted by molar-refractivity contribution is 9.10. The highest BCUT2D eigenvalue weighted by atomic mass is 79.9. The van der Waals surface area contributed by atoms with Crippen molar-refractivity contribution in [3.05, 3.63) is 105 Å². The van der Waals surface area contributed by atoms with Gasteiger partial charge in [0.1, 0.15) is 23.1 Å². The summed E-state index contributed by atoms with van der Waals surface area (Å²) >= 11 is 3.48. The zero-order valence-electron chi connectivity index (χ0n) is 20.6. The highest BCUT2D eigenvalue weighted by Gasteiger charge is 2.44. The molecule has 0 radical (unpaired) electrons. The summed E-state index contributed by atoms with van der Waals surface area (Å²) in [5.41, 5.74) is 3.69. The van der Waals surface area contributed by atoms with E-state index in [0.717, 1.165) is 15.9 Å². The molecule has 188 valence electrons. The zero-order valence-corrected chi connectivity index (χ0v) is 22.2. The normalized spacial score (nSPS) is 19.0. The Hall–Kier alpha value is -3.84. The third kappa shape index (κ3) is 4.44. The van der Waals surface area contributed by atoms with E-state index in [4.69, 9.17) is 9.47 Å². The van der Waals surface area contributed by atoms with Gasteiger partial charge in [0, 0.05) is 44.6 Å². The first kappa shape index (κ1) is 24.8. The molecule has 0 bridgehead atoms. The third-order valence-electron chi connectivity index (χ3n) is 6.89. The van der Waals surface area contributed by atoms with Crippen LogP contribution in [-0.2, 0) is 4.79 Å². The van der Waals surface area contributed by atoms with Crippen LogP contribution in [-0.4, -0.2) is 30.9 Å². The van der Waals surface area contributed by atoms with E-state index in [1.54, 1.807) is 43.4 Å². The number of amidine groups is 1. The third-order valence-corrected chi connectivity index (χ3v) is 7.42. The van der Waals surface area contributed by atoms with Crippen molar-refractivity contribution in [3.63, 3.8) is 0 Å². The van der Waals surface area contributed by atoms with E-state index in [-0.39, 0.29) is 17.4 Å². The fourth-order valence-corrected chi connectivity index (χ4v) is 5.46. The molecule has 37 heavy (non-hydrogen) atoms. The van der Waals surface area contributed by atoms with Crippen molar-refractivity contribution in [1.29, 1.82) is 5.41 Å². The number of hydrogen-bond donors (Lipinski definition) is 2. The highest BCUT2D eigenvalue weighted by Crippen LogP contribution is 2.50. The van der Waals surface area contributed by atoms with Crippen molar-refractivity contribution in [1.82, 2.24) is 0 Å².